The van der Waals surface area contributed by atoms with Gasteiger partial charge in [0.1, 0.15) is 5.82 Å². The Balaban J connectivity index is 2.30. The average Bonchev–Trinajstić information content (AvgIpc) is 2.47. The quantitative estimate of drug-likeness (QED) is 0.860. The van der Waals surface area contributed by atoms with Gasteiger partial charge in [0.15, 0.2) is 0 Å². The Bertz CT molecular complexity index is 626. The Morgan fingerprint density at radius 1 is 1.29 bits per heavy atom. The number of aryl methyl sites for hydroxylation is 1. The third kappa shape index (κ3) is 3.66. The second kappa shape index (κ2) is 6.48. The standard InChI is InChI=1S/C17H19FN2O/c1-12(2)20(11-14-6-4-5-9-19-14)17(21)15-10-13(3)7-8-16(15)18/h4-10,12H,11H2,1-3H3. The monoisotopic (exact) mass is 286 g/mol. The molecule has 1 amide bonds. The number of pyridine rings is 1. The van der Waals surface area contributed by atoms with Gasteiger partial charge in [-0.1, -0.05) is 17.7 Å². The van der Waals surface area contributed by atoms with E-state index in [-0.39, 0.29) is 17.5 Å². The highest BCUT2D eigenvalue weighted by Gasteiger charge is 2.22. The van der Waals surface area contributed by atoms with Crippen molar-refractivity contribution in [3.05, 3.63) is 65.2 Å². The van der Waals surface area contributed by atoms with Crippen molar-refractivity contribution in [3.63, 3.8) is 0 Å². The van der Waals surface area contributed by atoms with Gasteiger partial charge < -0.3 is 4.90 Å². The van der Waals surface area contributed by atoms with E-state index < -0.39 is 5.82 Å². The first-order valence-corrected chi connectivity index (χ1v) is 6.96. The molecule has 0 saturated carbocycles. The number of hydrogen-bond acceptors (Lipinski definition) is 2. The molecule has 0 unspecified atom stereocenters. The van der Waals surface area contributed by atoms with E-state index in [0.717, 1.165) is 11.3 Å². The summed E-state index contributed by atoms with van der Waals surface area (Å²) < 4.78 is 13.9. The lowest BCUT2D eigenvalue weighted by Gasteiger charge is -2.26. The van der Waals surface area contributed by atoms with Crippen molar-refractivity contribution in [1.29, 1.82) is 0 Å². The lowest BCUT2D eigenvalue weighted by Crippen LogP contribution is -2.37. The highest BCUT2D eigenvalue weighted by atomic mass is 19.1. The molecule has 0 aliphatic carbocycles. The van der Waals surface area contributed by atoms with Crippen LogP contribution in [0.15, 0.2) is 42.6 Å². The van der Waals surface area contributed by atoms with Crippen LogP contribution in [-0.2, 0) is 6.54 Å². The zero-order chi connectivity index (χ0) is 15.4. The number of amides is 1. The predicted octanol–water partition coefficient (Wildman–Crippen LogP) is 3.58. The molecule has 4 heteroatoms. The van der Waals surface area contributed by atoms with Crippen molar-refractivity contribution in [2.75, 3.05) is 0 Å². The summed E-state index contributed by atoms with van der Waals surface area (Å²) in [5.74, 6) is -0.797. The van der Waals surface area contributed by atoms with Crippen LogP contribution in [-0.4, -0.2) is 21.8 Å². The van der Waals surface area contributed by atoms with Crippen molar-refractivity contribution >= 4 is 5.91 Å². The third-order valence-electron chi connectivity index (χ3n) is 3.29. The fourth-order valence-electron chi connectivity index (χ4n) is 2.11. The van der Waals surface area contributed by atoms with Crippen LogP contribution in [0.5, 0.6) is 0 Å². The second-order valence-electron chi connectivity index (χ2n) is 5.33. The van der Waals surface area contributed by atoms with Gasteiger partial charge in [0.25, 0.3) is 5.91 Å². The molecule has 110 valence electrons. The Morgan fingerprint density at radius 3 is 2.67 bits per heavy atom. The molecule has 21 heavy (non-hydrogen) atoms. The Kier molecular flexibility index (Phi) is 4.68. The first kappa shape index (κ1) is 15.2. The summed E-state index contributed by atoms with van der Waals surface area (Å²) in [7, 11) is 0. The van der Waals surface area contributed by atoms with Crippen LogP contribution >= 0.6 is 0 Å². The molecule has 0 aliphatic heterocycles. The summed E-state index contributed by atoms with van der Waals surface area (Å²) >= 11 is 0. The summed E-state index contributed by atoms with van der Waals surface area (Å²) in [4.78, 5) is 18.5. The van der Waals surface area contributed by atoms with Crippen LogP contribution < -0.4 is 0 Å². The second-order valence-corrected chi connectivity index (χ2v) is 5.33. The highest BCUT2D eigenvalue weighted by molar-refractivity contribution is 5.94. The van der Waals surface area contributed by atoms with E-state index in [1.165, 1.54) is 6.07 Å². The molecule has 0 N–H and O–H groups in total. The number of nitrogens with zero attached hydrogens (tertiary/aromatic N) is 2. The maximum absolute atomic E-state index is 13.9. The Labute approximate surface area is 124 Å². The van der Waals surface area contributed by atoms with E-state index >= 15 is 0 Å². The normalized spacial score (nSPS) is 10.7. The largest absolute Gasteiger partial charge is 0.330 e. The molecule has 0 fully saturated rings. The van der Waals surface area contributed by atoms with Crippen LogP contribution in [0, 0.1) is 12.7 Å². The van der Waals surface area contributed by atoms with Crippen molar-refractivity contribution in [2.24, 2.45) is 0 Å². The van der Waals surface area contributed by atoms with Gasteiger partial charge in [0, 0.05) is 12.2 Å². The molecule has 0 spiro atoms. The molecular weight excluding hydrogens is 267 g/mol. The van der Waals surface area contributed by atoms with Gasteiger partial charge in [-0.05, 0) is 45.0 Å². The van der Waals surface area contributed by atoms with Gasteiger partial charge in [-0.15, -0.1) is 0 Å². The molecule has 0 saturated heterocycles. The first-order chi connectivity index (χ1) is 9.99. The van der Waals surface area contributed by atoms with Gasteiger partial charge in [-0.2, -0.15) is 0 Å². The summed E-state index contributed by atoms with van der Waals surface area (Å²) in [5.41, 5.74) is 1.76. The van der Waals surface area contributed by atoms with Crippen LogP contribution in [0.2, 0.25) is 0 Å². The number of benzene rings is 1. The van der Waals surface area contributed by atoms with E-state index in [9.17, 15) is 9.18 Å². The molecule has 0 aliphatic rings. The van der Waals surface area contributed by atoms with Gasteiger partial charge in [0.05, 0.1) is 17.8 Å². The zero-order valence-electron chi connectivity index (χ0n) is 12.5. The number of rotatable bonds is 4. The summed E-state index contributed by atoms with van der Waals surface area (Å²) in [6.45, 7) is 6.03. The maximum atomic E-state index is 13.9. The predicted molar refractivity (Wildman–Crippen MR) is 80.4 cm³/mol. The van der Waals surface area contributed by atoms with Crippen LogP contribution in [0.1, 0.15) is 35.5 Å². The van der Waals surface area contributed by atoms with E-state index in [2.05, 4.69) is 4.98 Å². The minimum atomic E-state index is -0.489. The van der Waals surface area contributed by atoms with E-state index in [4.69, 9.17) is 0 Å². The van der Waals surface area contributed by atoms with E-state index in [1.807, 2.05) is 39.0 Å². The lowest BCUT2D eigenvalue weighted by atomic mass is 10.1. The van der Waals surface area contributed by atoms with Gasteiger partial charge in [-0.25, -0.2) is 4.39 Å². The first-order valence-electron chi connectivity index (χ1n) is 6.96. The SMILES string of the molecule is Cc1ccc(F)c(C(=O)N(Cc2ccccn2)C(C)C)c1. The Hall–Kier alpha value is -2.23. The molecular formula is C17H19FN2O. The van der Waals surface area contributed by atoms with Crippen LogP contribution in [0.25, 0.3) is 0 Å². The number of halogens is 1. The van der Waals surface area contributed by atoms with E-state index in [1.54, 1.807) is 23.2 Å². The molecule has 3 nitrogen and oxygen atoms in total. The maximum Gasteiger partial charge on any atom is 0.257 e. The molecule has 0 radical (unpaired) electrons. The summed E-state index contributed by atoms with van der Waals surface area (Å²) in [6.07, 6.45) is 1.69. The van der Waals surface area contributed by atoms with Gasteiger partial charge in [0.2, 0.25) is 0 Å². The number of carbonyl (C=O) groups excluding carboxylic acids is 1. The molecule has 1 aromatic heterocycles. The molecule has 2 rings (SSSR count). The lowest BCUT2D eigenvalue weighted by molar-refractivity contribution is 0.0683. The molecule has 0 atom stereocenters. The van der Waals surface area contributed by atoms with Crippen molar-refractivity contribution in [2.45, 2.75) is 33.4 Å². The van der Waals surface area contributed by atoms with Crippen molar-refractivity contribution < 1.29 is 9.18 Å². The highest BCUT2D eigenvalue weighted by Crippen LogP contribution is 2.16. The average molecular weight is 286 g/mol. The zero-order valence-corrected chi connectivity index (χ0v) is 12.5. The van der Waals surface area contributed by atoms with Crippen LogP contribution in [0.4, 0.5) is 4.39 Å². The topological polar surface area (TPSA) is 33.2 Å². The fourth-order valence-corrected chi connectivity index (χ4v) is 2.11. The van der Waals surface area contributed by atoms with Gasteiger partial charge in [-0.3, -0.25) is 9.78 Å². The molecule has 2 aromatic rings. The van der Waals surface area contributed by atoms with Crippen molar-refractivity contribution in [1.82, 2.24) is 9.88 Å². The number of aromatic nitrogens is 1. The molecule has 1 heterocycles. The van der Waals surface area contributed by atoms with Crippen molar-refractivity contribution in [3.8, 4) is 0 Å². The summed E-state index contributed by atoms with van der Waals surface area (Å²) in [6, 6.07) is 10.1. The minimum Gasteiger partial charge on any atom is -0.330 e. The fraction of sp³-hybridized carbons (Fsp3) is 0.294. The molecule has 0 bridgehead atoms. The van der Waals surface area contributed by atoms with Crippen LogP contribution in [0.3, 0.4) is 0 Å². The minimum absolute atomic E-state index is 0.0422. The van der Waals surface area contributed by atoms with E-state index in [0.29, 0.717) is 6.54 Å². The Morgan fingerprint density at radius 2 is 2.05 bits per heavy atom. The number of hydrogen-bond donors (Lipinski definition) is 0. The number of carbonyl (C=O) groups is 1. The molecule has 1 aromatic carbocycles. The van der Waals surface area contributed by atoms with Gasteiger partial charge >= 0.3 is 0 Å². The summed E-state index contributed by atoms with van der Waals surface area (Å²) in [5, 5.41) is 0. The smallest absolute Gasteiger partial charge is 0.257 e. The third-order valence-corrected chi connectivity index (χ3v) is 3.29.